The fourth-order valence-electron chi connectivity index (χ4n) is 5.48. The largest absolute Gasteiger partial charge is 0.326 e. The van der Waals surface area contributed by atoms with Crippen molar-refractivity contribution < 1.29 is 4.57 Å². The first-order valence-electron chi connectivity index (χ1n) is 13.4. The zero-order valence-electron chi connectivity index (χ0n) is 22.5. The molecule has 0 saturated carbocycles. The third-order valence-corrected chi connectivity index (χ3v) is 8.02. The van der Waals surface area contributed by atoms with Gasteiger partial charge in [0.1, 0.15) is 5.82 Å². The molecular weight excluding hydrogens is 525 g/mol. The summed E-state index contributed by atoms with van der Waals surface area (Å²) < 4.78 is 4.56. The van der Waals surface area contributed by atoms with Gasteiger partial charge in [-0.15, -0.1) is 0 Å². The van der Waals surface area contributed by atoms with Gasteiger partial charge in [0.25, 0.3) is 5.82 Å². The molecule has 7 heteroatoms. The minimum Gasteiger partial charge on any atom is -0.326 e. The zero-order chi connectivity index (χ0) is 27.5. The molecule has 1 aliphatic rings. The number of anilines is 2. The van der Waals surface area contributed by atoms with Gasteiger partial charge in [-0.3, -0.25) is 0 Å². The van der Waals surface area contributed by atoms with Crippen LogP contribution in [0.15, 0.2) is 78.6 Å². The van der Waals surface area contributed by atoms with E-state index in [-0.39, 0.29) is 0 Å². The van der Waals surface area contributed by atoms with Crippen LogP contribution in [-0.2, 0) is 19.5 Å². The molecule has 0 aliphatic carbocycles. The van der Waals surface area contributed by atoms with E-state index in [4.69, 9.17) is 23.2 Å². The van der Waals surface area contributed by atoms with Gasteiger partial charge in [-0.05, 0) is 63.1 Å². The highest BCUT2D eigenvalue weighted by Crippen LogP contribution is 2.45. The molecule has 1 aromatic heterocycles. The lowest BCUT2D eigenvalue weighted by molar-refractivity contribution is -0.670. The summed E-state index contributed by atoms with van der Waals surface area (Å²) in [6.07, 6.45) is 7.37. The SMILES string of the molecule is CCN1C(=CC=Cc2n(CC)c3cc(C#N)ccc3[n+]2CC)N(CCc2ccccc2)c2cc(Cl)c(Cl)cc21. The monoisotopic (exact) mass is 556 g/mol. The van der Waals surface area contributed by atoms with Crippen molar-refractivity contribution in [3.63, 3.8) is 0 Å². The Kier molecular flexibility index (Phi) is 7.97. The highest BCUT2D eigenvalue weighted by Gasteiger charge is 2.31. The van der Waals surface area contributed by atoms with Gasteiger partial charge in [-0.1, -0.05) is 59.6 Å². The van der Waals surface area contributed by atoms with Crippen molar-refractivity contribution in [2.45, 2.75) is 40.3 Å². The van der Waals surface area contributed by atoms with Crippen LogP contribution in [-0.4, -0.2) is 17.7 Å². The Bertz CT molecular complexity index is 1610. The fourth-order valence-corrected chi connectivity index (χ4v) is 5.79. The summed E-state index contributed by atoms with van der Waals surface area (Å²) in [5.41, 5.74) is 6.29. The van der Waals surface area contributed by atoms with E-state index in [2.05, 4.69) is 88.3 Å². The molecule has 3 aromatic carbocycles. The second kappa shape index (κ2) is 11.6. The van der Waals surface area contributed by atoms with Gasteiger partial charge >= 0.3 is 0 Å². The van der Waals surface area contributed by atoms with Crippen molar-refractivity contribution in [2.75, 3.05) is 22.9 Å². The number of imidazole rings is 1. The topological polar surface area (TPSA) is 39.1 Å². The summed E-state index contributed by atoms with van der Waals surface area (Å²) in [6, 6.07) is 22.7. The second-order valence-corrected chi connectivity index (χ2v) is 10.2. The zero-order valence-corrected chi connectivity index (χ0v) is 24.0. The van der Waals surface area contributed by atoms with E-state index in [1.165, 1.54) is 5.56 Å². The Morgan fingerprint density at radius 2 is 1.62 bits per heavy atom. The molecule has 0 unspecified atom stereocenters. The molecule has 0 amide bonds. The number of nitrogens with zero attached hydrogens (tertiary/aromatic N) is 5. The van der Waals surface area contributed by atoms with E-state index in [1.54, 1.807) is 0 Å². The molecule has 0 spiro atoms. The van der Waals surface area contributed by atoms with Crippen LogP contribution in [0.3, 0.4) is 0 Å². The molecule has 5 rings (SSSR count). The molecular formula is C32H32Cl2N5+. The maximum atomic E-state index is 9.44. The van der Waals surface area contributed by atoms with Gasteiger partial charge < -0.3 is 9.80 Å². The Morgan fingerprint density at radius 1 is 0.897 bits per heavy atom. The molecule has 5 nitrogen and oxygen atoms in total. The molecule has 198 valence electrons. The first kappa shape index (κ1) is 26.9. The van der Waals surface area contributed by atoms with Crippen LogP contribution in [0.2, 0.25) is 10.0 Å². The van der Waals surface area contributed by atoms with Crippen molar-refractivity contribution >= 4 is 51.7 Å². The molecule has 0 atom stereocenters. The average molecular weight is 558 g/mol. The van der Waals surface area contributed by atoms with E-state index < -0.39 is 0 Å². The smallest absolute Gasteiger partial charge is 0.282 e. The lowest BCUT2D eigenvalue weighted by Gasteiger charge is -2.24. The summed E-state index contributed by atoms with van der Waals surface area (Å²) in [5.74, 6) is 2.19. The van der Waals surface area contributed by atoms with Crippen LogP contribution >= 0.6 is 23.2 Å². The summed E-state index contributed by atoms with van der Waals surface area (Å²) in [5, 5.41) is 10.6. The number of aryl methyl sites for hydroxylation is 2. The Balaban J connectivity index is 1.57. The molecule has 2 heterocycles. The Morgan fingerprint density at radius 3 is 2.26 bits per heavy atom. The van der Waals surface area contributed by atoms with Crippen LogP contribution in [0.1, 0.15) is 37.7 Å². The minimum absolute atomic E-state index is 0.557. The van der Waals surface area contributed by atoms with Gasteiger partial charge in [0.15, 0.2) is 11.0 Å². The Labute approximate surface area is 240 Å². The number of nitriles is 1. The number of aromatic nitrogens is 2. The van der Waals surface area contributed by atoms with Crippen molar-refractivity contribution in [2.24, 2.45) is 0 Å². The normalized spacial score (nSPS) is 14.1. The summed E-state index contributed by atoms with van der Waals surface area (Å²) in [6.45, 7) is 9.69. The number of hydrogen-bond donors (Lipinski definition) is 0. The summed E-state index contributed by atoms with van der Waals surface area (Å²) >= 11 is 12.9. The minimum atomic E-state index is 0.557. The van der Waals surface area contributed by atoms with Gasteiger partial charge in [-0.2, -0.15) is 5.26 Å². The van der Waals surface area contributed by atoms with Crippen LogP contribution in [0.5, 0.6) is 0 Å². The lowest BCUT2D eigenvalue weighted by atomic mass is 10.1. The van der Waals surface area contributed by atoms with Gasteiger partial charge in [-0.25, -0.2) is 9.13 Å². The number of rotatable bonds is 8. The average Bonchev–Trinajstić information content (AvgIpc) is 3.42. The van der Waals surface area contributed by atoms with Crippen molar-refractivity contribution in [3.8, 4) is 6.07 Å². The maximum Gasteiger partial charge on any atom is 0.282 e. The molecule has 0 radical (unpaired) electrons. The summed E-state index contributed by atoms with van der Waals surface area (Å²) in [7, 11) is 0. The van der Waals surface area contributed by atoms with E-state index in [0.717, 1.165) is 66.7 Å². The predicted molar refractivity (Wildman–Crippen MR) is 162 cm³/mol. The summed E-state index contributed by atoms with van der Waals surface area (Å²) in [4.78, 5) is 4.62. The number of allylic oxidation sites excluding steroid dienone is 2. The third-order valence-electron chi connectivity index (χ3n) is 7.30. The van der Waals surface area contributed by atoms with E-state index in [9.17, 15) is 5.26 Å². The predicted octanol–water partition coefficient (Wildman–Crippen LogP) is 7.59. The molecule has 0 N–H and O–H groups in total. The first-order chi connectivity index (χ1) is 19.0. The number of halogens is 2. The van der Waals surface area contributed by atoms with Gasteiger partial charge in [0, 0.05) is 25.2 Å². The number of hydrogen-bond acceptors (Lipinski definition) is 3. The quantitative estimate of drug-likeness (QED) is 0.210. The van der Waals surface area contributed by atoms with Crippen molar-refractivity contribution in [1.82, 2.24) is 4.57 Å². The molecule has 0 bridgehead atoms. The van der Waals surface area contributed by atoms with Crippen molar-refractivity contribution in [1.29, 1.82) is 5.26 Å². The first-order valence-corrected chi connectivity index (χ1v) is 14.2. The van der Waals surface area contributed by atoms with E-state index in [0.29, 0.717) is 15.6 Å². The third kappa shape index (κ3) is 5.03. The maximum absolute atomic E-state index is 9.44. The molecule has 39 heavy (non-hydrogen) atoms. The number of benzene rings is 3. The number of fused-ring (bicyclic) bond motifs is 2. The van der Waals surface area contributed by atoms with E-state index in [1.807, 2.05) is 36.4 Å². The highest BCUT2D eigenvalue weighted by atomic mass is 35.5. The van der Waals surface area contributed by atoms with Gasteiger partial charge in [0.05, 0.1) is 46.1 Å². The van der Waals surface area contributed by atoms with Crippen LogP contribution in [0, 0.1) is 11.3 Å². The second-order valence-electron chi connectivity index (χ2n) is 9.43. The fraction of sp³-hybridized carbons (Fsp3) is 0.250. The van der Waals surface area contributed by atoms with Crippen LogP contribution < -0.4 is 14.4 Å². The molecule has 4 aromatic rings. The standard InChI is InChI=1S/C32H32Cl2N5/c1-4-36-27-16-15-24(22-35)19-28(27)37(5-2)31(36)13-10-14-32-38(6-3)29-20-25(33)26(34)21-30(29)39(32)18-17-23-11-8-7-9-12-23/h7-16,19-21H,4-6,17-18H2,1-3H3/q+1. The Hall–Kier alpha value is -3.72. The molecule has 0 saturated heterocycles. The van der Waals surface area contributed by atoms with Crippen molar-refractivity contribution in [3.05, 3.63) is 106 Å². The lowest BCUT2D eigenvalue weighted by Crippen LogP contribution is -2.35. The molecule has 1 aliphatic heterocycles. The highest BCUT2D eigenvalue weighted by molar-refractivity contribution is 6.42. The van der Waals surface area contributed by atoms with Crippen LogP contribution in [0.25, 0.3) is 17.1 Å². The van der Waals surface area contributed by atoms with Gasteiger partial charge in [0.2, 0.25) is 0 Å². The van der Waals surface area contributed by atoms with Crippen LogP contribution in [0.4, 0.5) is 11.4 Å². The van der Waals surface area contributed by atoms with E-state index >= 15 is 0 Å². The molecule has 0 fully saturated rings.